The molecule has 23 heavy (non-hydrogen) atoms. The number of carbonyl (C=O) groups excluding carboxylic acids is 2. The van der Waals surface area contributed by atoms with Crippen molar-refractivity contribution in [1.29, 1.82) is 0 Å². The number of hydrogen-bond donors (Lipinski definition) is 1. The molecule has 1 fully saturated rings. The van der Waals surface area contributed by atoms with E-state index in [0.717, 1.165) is 41.4 Å². The van der Waals surface area contributed by atoms with Gasteiger partial charge in [-0.2, -0.15) is 0 Å². The number of carbonyl (C=O) groups is 2. The fourth-order valence-electron chi connectivity index (χ4n) is 4.54. The molecule has 0 radical (unpaired) electrons. The van der Waals surface area contributed by atoms with E-state index in [1.165, 1.54) is 13.5 Å². The second-order valence-electron chi connectivity index (χ2n) is 7.65. The molecule has 4 rings (SSSR count). The van der Waals surface area contributed by atoms with Crippen molar-refractivity contribution in [2.24, 2.45) is 5.41 Å². The predicted molar refractivity (Wildman–Crippen MR) is 87.9 cm³/mol. The number of hydrogen-bond acceptors (Lipinski definition) is 3. The van der Waals surface area contributed by atoms with E-state index in [2.05, 4.69) is 4.98 Å². The third-order valence-corrected chi connectivity index (χ3v) is 5.68. The topological polar surface area (TPSA) is 59.2 Å². The molecule has 1 spiro atoms. The standard InChI is InChI=1S/C19H21NO3/c1-18(2)10-19(7-4-8-19)14-12-9-11(17(22)23-3)5-6-13(12)20-15(14)16(18)21/h5-6,9,20H,4,7-8,10H2,1-3H3. The minimum atomic E-state index is -0.341. The largest absolute Gasteiger partial charge is 0.465 e. The normalized spacial score (nSPS) is 21.1. The van der Waals surface area contributed by atoms with E-state index in [9.17, 15) is 9.59 Å². The van der Waals surface area contributed by atoms with Crippen molar-refractivity contribution in [3.8, 4) is 0 Å². The van der Waals surface area contributed by atoms with Gasteiger partial charge in [-0.3, -0.25) is 4.79 Å². The average Bonchev–Trinajstić information content (AvgIpc) is 2.87. The van der Waals surface area contributed by atoms with Crippen LogP contribution >= 0.6 is 0 Å². The number of benzene rings is 1. The monoisotopic (exact) mass is 311 g/mol. The first-order chi connectivity index (χ1) is 10.9. The number of ether oxygens (including phenoxy) is 1. The summed E-state index contributed by atoms with van der Waals surface area (Å²) in [6, 6.07) is 5.51. The highest BCUT2D eigenvalue weighted by Gasteiger charge is 2.52. The van der Waals surface area contributed by atoms with E-state index in [-0.39, 0.29) is 22.6 Å². The third-order valence-electron chi connectivity index (χ3n) is 5.68. The molecule has 1 saturated carbocycles. The number of nitrogens with one attached hydrogen (secondary N) is 1. The van der Waals surface area contributed by atoms with Crippen LogP contribution in [0.15, 0.2) is 18.2 Å². The van der Waals surface area contributed by atoms with Crippen LogP contribution in [0.25, 0.3) is 10.9 Å². The third kappa shape index (κ3) is 1.84. The Morgan fingerprint density at radius 1 is 1.26 bits per heavy atom. The summed E-state index contributed by atoms with van der Waals surface area (Å²) in [5.74, 6) is -0.159. The van der Waals surface area contributed by atoms with Gasteiger partial charge in [0.2, 0.25) is 0 Å². The van der Waals surface area contributed by atoms with E-state index < -0.39 is 0 Å². The zero-order valence-corrected chi connectivity index (χ0v) is 13.8. The highest BCUT2D eigenvalue weighted by atomic mass is 16.5. The van der Waals surface area contributed by atoms with E-state index in [4.69, 9.17) is 4.74 Å². The molecular formula is C19H21NO3. The Labute approximate surface area is 135 Å². The van der Waals surface area contributed by atoms with Gasteiger partial charge >= 0.3 is 5.97 Å². The van der Waals surface area contributed by atoms with Gasteiger partial charge in [-0.05, 0) is 48.4 Å². The lowest BCUT2D eigenvalue weighted by atomic mass is 9.53. The van der Waals surface area contributed by atoms with Gasteiger partial charge in [-0.15, -0.1) is 0 Å². The van der Waals surface area contributed by atoms with Gasteiger partial charge < -0.3 is 9.72 Å². The van der Waals surface area contributed by atoms with Gasteiger partial charge in [-0.25, -0.2) is 4.79 Å². The Bertz CT molecular complexity index is 840. The summed E-state index contributed by atoms with van der Waals surface area (Å²) in [5, 5.41) is 1.01. The highest BCUT2D eigenvalue weighted by molar-refractivity contribution is 6.08. The summed E-state index contributed by atoms with van der Waals surface area (Å²) >= 11 is 0. The van der Waals surface area contributed by atoms with Gasteiger partial charge in [0.05, 0.1) is 18.4 Å². The molecule has 0 atom stereocenters. The second-order valence-corrected chi connectivity index (χ2v) is 7.65. The lowest BCUT2D eigenvalue weighted by Crippen LogP contribution is -2.46. The molecule has 2 aliphatic rings. The maximum Gasteiger partial charge on any atom is 0.337 e. The van der Waals surface area contributed by atoms with Gasteiger partial charge in [0.1, 0.15) is 0 Å². The summed E-state index contributed by atoms with van der Waals surface area (Å²) in [6.45, 7) is 4.09. The minimum Gasteiger partial charge on any atom is -0.465 e. The zero-order valence-electron chi connectivity index (χ0n) is 13.8. The first-order valence-corrected chi connectivity index (χ1v) is 8.17. The number of aromatic nitrogens is 1. The summed E-state index contributed by atoms with van der Waals surface area (Å²) in [4.78, 5) is 28.1. The van der Waals surface area contributed by atoms with Gasteiger partial charge in [0.15, 0.2) is 5.78 Å². The Hall–Kier alpha value is -2.10. The van der Waals surface area contributed by atoms with Crippen LogP contribution < -0.4 is 0 Å². The lowest BCUT2D eigenvalue weighted by molar-refractivity contribution is 0.0600. The van der Waals surface area contributed by atoms with E-state index >= 15 is 0 Å². The van der Waals surface area contributed by atoms with Gasteiger partial charge in [-0.1, -0.05) is 20.3 Å². The van der Waals surface area contributed by atoms with Crippen LogP contribution in [0.4, 0.5) is 0 Å². The van der Waals surface area contributed by atoms with Crippen LogP contribution in [-0.4, -0.2) is 23.8 Å². The van der Waals surface area contributed by atoms with Crippen molar-refractivity contribution in [2.45, 2.75) is 44.9 Å². The number of fused-ring (bicyclic) bond motifs is 4. The maximum atomic E-state index is 12.9. The molecule has 0 saturated heterocycles. The highest BCUT2D eigenvalue weighted by Crippen LogP contribution is 2.57. The van der Waals surface area contributed by atoms with Crippen LogP contribution in [-0.2, 0) is 10.2 Å². The van der Waals surface area contributed by atoms with Crippen molar-refractivity contribution in [2.75, 3.05) is 7.11 Å². The smallest absolute Gasteiger partial charge is 0.337 e. The molecule has 2 aliphatic carbocycles. The molecule has 0 aliphatic heterocycles. The van der Waals surface area contributed by atoms with Crippen molar-refractivity contribution in [1.82, 2.24) is 4.98 Å². The van der Waals surface area contributed by atoms with E-state index in [0.29, 0.717) is 5.56 Å². The van der Waals surface area contributed by atoms with Crippen molar-refractivity contribution < 1.29 is 14.3 Å². The summed E-state index contributed by atoms with van der Waals surface area (Å²) in [5.41, 5.74) is 3.10. The van der Waals surface area contributed by atoms with Crippen molar-refractivity contribution in [3.05, 3.63) is 35.0 Å². The SMILES string of the molecule is COC(=O)c1ccc2[nH]c3c(c2c1)C1(CCC1)CC(C)(C)C3=O. The maximum absolute atomic E-state index is 12.9. The average molecular weight is 311 g/mol. The number of Topliss-reactive ketones (excluding diaryl/α,β-unsaturated/α-hetero) is 1. The number of H-pyrrole nitrogens is 1. The molecular weight excluding hydrogens is 290 g/mol. The number of aromatic amines is 1. The van der Waals surface area contributed by atoms with Crippen LogP contribution in [0.2, 0.25) is 0 Å². The zero-order chi connectivity index (χ0) is 16.4. The van der Waals surface area contributed by atoms with Gasteiger partial charge in [0.25, 0.3) is 0 Å². The Morgan fingerprint density at radius 3 is 2.61 bits per heavy atom. The van der Waals surface area contributed by atoms with Crippen LogP contribution in [0, 0.1) is 5.41 Å². The first-order valence-electron chi connectivity index (χ1n) is 8.17. The Morgan fingerprint density at radius 2 is 2.00 bits per heavy atom. The van der Waals surface area contributed by atoms with Crippen molar-refractivity contribution >= 4 is 22.7 Å². The number of methoxy groups -OCH3 is 1. The summed E-state index contributed by atoms with van der Waals surface area (Å²) in [7, 11) is 1.39. The molecule has 0 unspecified atom stereocenters. The first kappa shape index (κ1) is 14.5. The Balaban J connectivity index is 2.00. The quantitative estimate of drug-likeness (QED) is 0.810. The molecule has 4 nitrogen and oxygen atoms in total. The number of ketones is 1. The number of rotatable bonds is 1. The summed E-state index contributed by atoms with van der Waals surface area (Å²) < 4.78 is 4.84. The lowest BCUT2D eigenvalue weighted by Gasteiger charge is -2.50. The fraction of sp³-hybridized carbons (Fsp3) is 0.474. The molecule has 1 heterocycles. The van der Waals surface area contributed by atoms with Crippen LogP contribution in [0.3, 0.4) is 0 Å². The molecule has 4 heteroatoms. The van der Waals surface area contributed by atoms with Gasteiger partial charge in [0, 0.05) is 16.3 Å². The fourth-order valence-corrected chi connectivity index (χ4v) is 4.54. The molecule has 1 aromatic heterocycles. The molecule has 1 N–H and O–H groups in total. The molecule has 0 bridgehead atoms. The predicted octanol–water partition coefficient (Wildman–Crippen LogP) is 3.99. The number of esters is 1. The summed E-state index contributed by atoms with van der Waals surface area (Å²) in [6.07, 6.45) is 4.33. The minimum absolute atomic E-state index is 0.0831. The molecule has 1 aromatic carbocycles. The van der Waals surface area contributed by atoms with E-state index in [1.807, 2.05) is 26.0 Å². The Kier molecular flexibility index (Phi) is 2.81. The molecule has 2 aromatic rings. The van der Waals surface area contributed by atoms with Crippen molar-refractivity contribution in [3.63, 3.8) is 0 Å². The molecule has 120 valence electrons. The van der Waals surface area contributed by atoms with Crippen LogP contribution in [0.1, 0.15) is 65.9 Å². The van der Waals surface area contributed by atoms with Crippen LogP contribution in [0.5, 0.6) is 0 Å². The second kappa shape index (κ2) is 4.47. The van der Waals surface area contributed by atoms with E-state index in [1.54, 1.807) is 6.07 Å². The molecule has 0 amide bonds.